The van der Waals surface area contributed by atoms with Gasteiger partial charge in [-0.25, -0.2) is 4.39 Å². The quantitative estimate of drug-likeness (QED) is 0.592. The van der Waals surface area contributed by atoms with Crippen molar-refractivity contribution >= 4 is 17.3 Å². The Bertz CT molecular complexity index is 536. The van der Waals surface area contributed by atoms with Crippen LogP contribution < -0.4 is 10.6 Å². The van der Waals surface area contributed by atoms with Crippen molar-refractivity contribution in [2.45, 2.75) is 20.0 Å². The maximum atomic E-state index is 13.7. The van der Waals surface area contributed by atoms with Crippen molar-refractivity contribution < 1.29 is 18.8 Å². The van der Waals surface area contributed by atoms with Crippen LogP contribution in [-0.4, -0.2) is 37.1 Å². The lowest BCUT2D eigenvalue weighted by Crippen LogP contribution is -2.32. The van der Waals surface area contributed by atoms with Gasteiger partial charge in [0, 0.05) is 20.2 Å². The molecule has 2 N–H and O–H groups in total. The monoisotopic (exact) mass is 299 g/mol. The molecule has 1 unspecified atom stereocenters. The van der Waals surface area contributed by atoms with Crippen LogP contribution in [0.1, 0.15) is 24.2 Å². The number of rotatable bonds is 7. The third-order valence-corrected chi connectivity index (χ3v) is 2.85. The molecule has 0 heterocycles. The molecule has 1 rings (SSSR count). The highest BCUT2D eigenvalue weighted by molar-refractivity contribution is 5.99. The molecule has 0 saturated carbocycles. The number of carbonyl (C=O) groups excluding carboxylic acids is 1. The summed E-state index contributed by atoms with van der Waals surface area (Å²) < 4.78 is 18.7. The second-order valence-corrected chi connectivity index (χ2v) is 4.39. The highest BCUT2D eigenvalue weighted by atomic mass is 19.1. The van der Waals surface area contributed by atoms with Crippen molar-refractivity contribution in [3.63, 3.8) is 0 Å². The van der Waals surface area contributed by atoms with Gasteiger partial charge in [0.1, 0.15) is 5.56 Å². The molecule has 1 atom stereocenters. The molecule has 0 aliphatic rings. The number of methoxy groups -OCH3 is 1. The number of nitrogens with one attached hydrogen (secondary N) is 2. The number of carbonyl (C=O) groups is 1. The van der Waals surface area contributed by atoms with Crippen molar-refractivity contribution in [3.8, 4) is 0 Å². The van der Waals surface area contributed by atoms with E-state index >= 15 is 0 Å². The van der Waals surface area contributed by atoms with E-state index in [2.05, 4.69) is 10.6 Å². The lowest BCUT2D eigenvalue weighted by atomic mass is 10.1. The number of hydrogen-bond acceptors (Lipinski definition) is 5. The number of nitro benzene ring substituents is 1. The third-order valence-electron chi connectivity index (χ3n) is 2.85. The Hall–Kier alpha value is -2.22. The number of nitro groups is 1. The molecule has 7 nitrogen and oxygen atoms in total. The van der Waals surface area contributed by atoms with E-state index in [0.717, 1.165) is 12.1 Å². The first-order valence-electron chi connectivity index (χ1n) is 6.43. The smallest absolute Gasteiger partial charge is 0.285 e. The van der Waals surface area contributed by atoms with Crippen LogP contribution in [0.5, 0.6) is 0 Å². The zero-order valence-corrected chi connectivity index (χ0v) is 12.1. The number of nitrogens with zero attached hydrogens (tertiary/aromatic N) is 1. The fourth-order valence-corrected chi connectivity index (χ4v) is 1.64. The van der Waals surface area contributed by atoms with Gasteiger partial charge in [0.15, 0.2) is 5.82 Å². The second kappa shape index (κ2) is 7.53. The molecule has 0 aliphatic carbocycles. The van der Waals surface area contributed by atoms with Crippen molar-refractivity contribution in [1.82, 2.24) is 5.32 Å². The molecule has 1 aromatic rings. The summed E-state index contributed by atoms with van der Waals surface area (Å²) in [6.45, 7) is 4.11. The zero-order valence-electron chi connectivity index (χ0n) is 12.1. The first-order chi connectivity index (χ1) is 9.90. The van der Waals surface area contributed by atoms with Crippen LogP contribution in [0.4, 0.5) is 15.8 Å². The molecular formula is C13H18FN3O4. The van der Waals surface area contributed by atoms with Crippen molar-refractivity contribution in [3.05, 3.63) is 33.6 Å². The summed E-state index contributed by atoms with van der Waals surface area (Å²) in [4.78, 5) is 22.2. The van der Waals surface area contributed by atoms with Gasteiger partial charge in [0.2, 0.25) is 0 Å². The van der Waals surface area contributed by atoms with Crippen LogP contribution in [0.25, 0.3) is 0 Å². The Labute approximate surface area is 121 Å². The highest BCUT2D eigenvalue weighted by Gasteiger charge is 2.23. The molecule has 0 fully saturated rings. The van der Waals surface area contributed by atoms with E-state index in [1.165, 1.54) is 7.11 Å². The van der Waals surface area contributed by atoms with E-state index < -0.39 is 22.3 Å². The van der Waals surface area contributed by atoms with Gasteiger partial charge in [0.25, 0.3) is 11.6 Å². The second-order valence-electron chi connectivity index (χ2n) is 4.39. The molecule has 0 radical (unpaired) electrons. The minimum atomic E-state index is -0.784. The van der Waals surface area contributed by atoms with Crippen LogP contribution >= 0.6 is 0 Å². The van der Waals surface area contributed by atoms with E-state index in [0.29, 0.717) is 6.54 Å². The van der Waals surface area contributed by atoms with Gasteiger partial charge in [-0.1, -0.05) is 0 Å². The van der Waals surface area contributed by atoms with Crippen LogP contribution in [-0.2, 0) is 4.74 Å². The fraction of sp³-hybridized carbons (Fsp3) is 0.462. The van der Waals surface area contributed by atoms with Crippen LogP contribution in [0.15, 0.2) is 12.1 Å². The normalized spacial score (nSPS) is 11.8. The van der Waals surface area contributed by atoms with Gasteiger partial charge in [0.05, 0.1) is 22.8 Å². The predicted molar refractivity (Wildman–Crippen MR) is 76.0 cm³/mol. The zero-order chi connectivity index (χ0) is 16.0. The lowest BCUT2D eigenvalue weighted by Gasteiger charge is -2.12. The Balaban J connectivity index is 3.09. The van der Waals surface area contributed by atoms with Gasteiger partial charge in [-0.3, -0.25) is 14.9 Å². The van der Waals surface area contributed by atoms with Gasteiger partial charge >= 0.3 is 0 Å². The molecule has 0 bridgehead atoms. The average molecular weight is 299 g/mol. The molecule has 0 aliphatic heterocycles. The van der Waals surface area contributed by atoms with Crippen LogP contribution in [0, 0.1) is 15.9 Å². The van der Waals surface area contributed by atoms with Crippen molar-refractivity contribution in [2.24, 2.45) is 0 Å². The largest absolute Gasteiger partial charge is 0.383 e. The number of amides is 1. The molecule has 0 aromatic heterocycles. The number of benzene rings is 1. The predicted octanol–water partition coefficient (Wildman–Crippen LogP) is 1.93. The van der Waals surface area contributed by atoms with Crippen LogP contribution in [0.3, 0.4) is 0 Å². The number of ether oxygens (including phenoxy) is 1. The standard InChI is InChI=1S/C13H18FN3O4/c1-4-15-11-5-9(12(17(19)20)6-10(11)14)13(18)16-7-8(2)21-3/h5-6,8,15H,4,7H2,1-3H3,(H,16,18). The summed E-state index contributed by atoms with van der Waals surface area (Å²) in [6.07, 6.45) is -0.235. The Morgan fingerprint density at radius 3 is 2.71 bits per heavy atom. The highest BCUT2D eigenvalue weighted by Crippen LogP contribution is 2.26. The summed E-state index contributed by atoms with van der Waals surface area (Å²) in [6, 6.07) is 1.89. The fourth-order valence-electron chi connectivity index (χ4n) is 1.64. The first kappa shape index (κ1) is 16.8. The Morgan fingerprint density at radius 2 is 2.19 bits per heavy atom. The van der Waals surface area contributed by atoms with E-state index in [1.807, 2.05) is 0 Å². The Morgan fingerprint density at radius 1 is 1.52 bits per heavy atom. The van der Waals surface area contributed by atoms with Crippen molar-refractivity contribution in [1.29, 1.82) is 0 Å². The van der Waals surface area contributed by atoms with E-state index in [4.69, 9.17) is 4.74 Å². The number of hydrogen-bond donors (Lipinski definition) is 2. The summed E-state index contributed by atoms with van der Waals surface area (Å²) in [5.74, 6) is -1.42. The van der Waals surface area contributed by atoms with Crippen molar-refractivity contribution in [2.75, 3.05) is 25.5 Å². The molecule has 8 heteroatoms. The molecule has 1 amide bonds. The maximum Gasteiger partial charge on any atom is 0.285 e. The van der Waals surface area contributed by atoms with Gasteiger partial charge in [-0.05, 0) is 19.9 Å². The molecule has 116 valence electrons. The van der Waals surface area contributed by atoms with E-state index in [9.17, 15) is 19.3 Å². The average Bonchev–Trinajstić information content (AvgIpc) is 2.45. The Kier molecular flexibility index (Phi) is 6.04. The molecule has 1 aromatic carbocycles. The summed E-state index contributed by atoms with van der Waals surface area (Å²) >= 11 is 0. The van der Waals surface area contributed by atoms with Crippen LogP contribution in [0.2, 0.25) is 0 Å². The molecule has 0 saturated heterocycles. The summed E-state index contributed by atoms with van der Waals surface area (Å²) in [5, 5.41) is 16.2. The molecular weight excluding hydrogens is 281 g/mol. The van der Waals surface area contributed by atoms with E-state index in [-0.39, 0.29) is 23.9 Å². The maximum absolute atomic E-state index is 13.7. The van der Waals surface area contributed by atoms with Gasteiger partial charge in [-0.15, -0.1) is 0 Å². The summed E-state index contributed by atoms with van der Waals surface area (Å²) in [5.41, 5.74) is -0.717. The SMILES string of the molecule is CCNc1cc(C(=O)NCC(C)OC)c([N+](=O)[O-])cc1F. The first-order valence-corrected chi connectivity index (χ1v) is 6.43. The topological polar surface area (TPSA) is 93.5 Å². The lowest BCUT2D eigenvalue weighted by molar-refractivity contribution is -0.385. The minimum absolute atomic E-state index is 0.0491. The van der Waals surface area contributed by atoms with E-state index in [1.54, 1.807) is 13.8 Å². The number of halogens is 1. The van der Waals surface area contributed by atoms with Gasteiger partial charge in [-0.2, -0.15) is 0 Å². The minimum Gasteiger partial charge on any atom is -0.383 e. The molecule has 21 heavy (non-hydrogen) atoms. The number of anilines is 1. The molecule has 0 spiro atoms. The summed E-state index contributed by atoms with van der Waals surface area (Å²) in [7, 11) is 1.49. The van der Waals surface area contributed by atoms with Gasteiger partial charge < -0.3 is 15.4 Å². The third kappa shape index (κ3) is 4.38.